The summed E-state index contributed by atoms with van der Waals surface area (Å²) in [6, 6.07) is 0. The molecule has 0 aromatic carbocycles. The molecular weight excluding hydrogens is 236 g/mol. The van der Waals surface area contributed by atoms with Crippen LogP contribution in [0, 0.1) is 11.8 Å². The Morgan fingerprint density at radius 1 is 1.26 bits per heavy atom. The quantitative estimate of drug-likeness (QED) is 0.718. The lowest BCUT2D eigenvalue weighted by Gasteiger charge is -2.27. The maximum Gasteiger partial charge on any atom is 0.243 e. The summed E-state index contributed by atoms with van der Waals surface area (Å²) in [5, 5.41) is 3.54. The molecule has 0 radical (unpaired) electrons. The van der Waals surface area contributed by atoms with Gasteiger partial charge in [-0.3, -0.25) is 10.1 Å². The number of rotatable bonds is 7. The van der Waals surface area contributed by atoms with Crippen molar-refractivity contribution >= 4 is 5.91 Å². The first kappa shape index (κ1) is 16.5. The third kappa shape index (κ3) is 3.95. The Morgan fingerprint density at radius 3 is 2.37 bits per heavy atom. The Kier molecular flexibility index (Phi) is 5.84. The Labute approximate surface area is 119 Å². The van der Waals surface area contributed by atoms with Gasteiger partial charge < -0.3 is 4.90 Å². The van der Waals surface area contributed by atoms with E-state index < -0.39 is 0 Å². The van der Waals surface area contributed by atoms with Crippen molar-refractivity contribution in [2.75, 3.05) is 6.54 Å². The topological polar surface area (TPSA) is 32.3 Å². The van der Waals surface area contributed by atoms with Crippen LogP contribution < -0.4 is 5.32 Å². The molecule has 0 saturated carbocycles. The first-order valence-corrected chi connectivity index (χ1v) is 7.90. The minimum Gasteiger partial charge on any atom is -0.325 e. The molecule has 1 N–H and O–H groups in total. The average molecular weight is 268 g/mol. The minimum absolute atomic E-state index is 0.205. The van der Waals surface area contributed by atoms with E-state index in [1.165, 1.54) is 12.8 Å². The SMILES string of the molecule is CCC1(C)NC(C(C)C)N(CCCCC(C)C)C1=O. The van der Waals surface area contributed by atoms with Crippen molar-refractivity contribution in [1.29, 1.82) is 0 Å². The van der Waals surface area contributed by atoms with E-state index in [0.717, 1.165) is 25.3 Å². The van der Waals surface area contributed by atoms with Crippen LogP contribution >= 0.6 is 0 Å². The van der Waals surface area contributed by atoms with Crippen molar-refractivity contribution in [3.63, 3.8) is 0 Å². The van der Waals surface area contributed by atoms with Crippen molar-refractivity contribution in [3.8, 4) is 0 Å². The molecule has 1 rings (SSSR count). The fourth-order valence-electron chi connectivity index (χ4n) is 2.76. The molecule has 112 valence electrons. The zero-order valence-electron chi connectivity index (χ0n) is 13.6. The average Bonchev–Trinajstić information content (AvgIpc) is 2.59. The molecular formula is C16H32N2O. The summed E-state index contributed by atoms with van der Waals surface area (Å²) in [4.78, 5) is 14.6. The van der Waals surface area contributed by atoms with Gasteiger partial charge in [-0.05, 0) is 31.6 Å². The van der Waals surface area contributed by atoms with Gasteiger partial charge in [0.15, 0.2) is 0 Å². The summed E-state index contributed by atoms with van der Waals surface area (Å²) in [5.41, 5.74) is -0.354. The first-order valence-electron chi connectivity index (χ1n) is 7.90. The van der Waals surface area contributed by atoms with Crippen LogP contribution in [0.5, 0.6) is 0 Å². The summed E-state index contributed by atoms with van der Waals surface area (Å²) in [7, 11) is 0. The van der Waals surface area contributed by atoms with Crippen LogP contribution in [0.25, 0.3) is 0 Å². The molecule has 2 atom stereocenters. The lowest BCUT2D eigenvalue weighted by molar-refractivity contribution is -0.133. The summed E-state index contributed by atoms with van der Waals surface area (Å²) in [6.45, 7) is 13.9. The molecule has 0 aliphatic carbocycles. The van der Waals surface area contributed by atoms with E-state index >= 15 is 0 Å². The predicted octanol–water partition coefficient (Wildman–Crippen LogP) is 3.40. The summed E-state index contributed by atoms with van der Waals surface area (Å²) in [5.74, 6) is 1.51. The second kappa shape index (κ2) is 6.74. The van der Waals surface area contributed by atoms with Crippen molar-refractivity contribution in [1.82, 2.24) is 10.2 Å². The number of carbonyl (C=O) groups excluding carboxylic acids is 1. The first-order chi connectivity index (χ1) is 8.81. The van der Waals surface area contributed by atoms with Crippen LogP contribution in [0.1, 0.15) is 67.2 Å². The maximum atomic E-state index is 12.6. The van der Waals surface area contributed by atoms with Crippen LogP contribution in [0.3, 0.4) is 0 Å². The fourth-order valence-corrected chi connectivity index (χ4v) is 2.76. The molecule has 19 heavy (non-hydrogen) atoms. The lowest BCUT2D eigenvalue weighted by atomic mass is 9.99. The molecule has 0 aromatic heterocycles. The Bertz CT molecular complexity index is 301. The van der Waals surface area contributed by atoms with E-state index in [1.807, 2.05) is 6.92 Å². The van der Waals surface area contributed by atoms with Gasteiger partial charge in [0, 0.05) is 6.54 Å². The van der Waals surface area contributed by atoms with Crippen molar-refractivity contribution < 1.29 is 4.79 Å². The normalized spacial score (nSPS) is 27.9. The minimum atomic E-state index is -0.354. The highest BCUT2D eigenvalue weighted by Crippen LogP contribution is 2.27. The van der Waals surface area contributed by atoms with Crippen LogP contribution in [0.15, 0.2) is 0 Å². The van der Waals surface area contributed by atoms with Gasteiger partial charge in [0.1, 0.15) is 0 Å². The molecule has 1 saturated heterocycles. The number of nitrogens with one attached hydrogen (secondary N) is 1. The monoisotopic (exact) mass is 268 g/mol. The van der Waals surface area contributed by atoms with Crippen LogP contribution in [-0.4, -0.2) is 29.1 Å². The van der Waals surface area contributed by atoms with Gasteiger partial charge in [-0.25, -0.2) is 0 Å². The second-order valence-electron chi connectivity index (χ2n) is 6.91. The lowest BCUT2D eigenvalue weighted by Crippen LogP contribution is -2.45. The molecule has 1 fully saturated rings. The molecule has 1 amide bonds. The Hall–Kier alpha value is -0.570. The highest BCUT2D eigenvalue weighted by molar-refractivity contribution is 5.88. The molecule has 0 spiro atoms. The Morgan fingerprint density at radius 2 is 1.89 bits per heavy atom. The highest BCUT2D eigenvalue weighted by Gasteiger charge is 2.47. The zero-order valence-corrected chi connectivity index (χ0v) is 13.6. The van der Waals surface area contributed by atoms with Gasteiger partial charge in [0.25, 0.3) is 0 Å². The fraction of sp³-hybridized carbons (Fsp3) is 0.938. The van der Waals surface area contributed by atoms with Gasteiger partial charge in [0.05, 0.1) is 11.7 Å². The molecule has 1 aliphatic heterocycles. The second-order valence-corrected chi connectivity index (χ2v) is 6.91. The van der Waals surface area contributed by atoms with Crippen molar-refractivity contribution in [3.05, 3.63) is 0 Å². The molecule has 1 aliphatic rings. The van der Waals surface area contributed by atoms with Gasteiger partial charge in [0.2, 0.25) is 5.91 Å². The third-order valence-corrected chi connectivity index (χ3v) is 4.30. The number of carbonyl (C=O) groups is 1. The van der Waals surface area contributed by atoms with Crippen LogP contribution in [0.2, 0.25) is 0 Å². The maximum absolute atomic E-state index is 12.6. The summed E-state index contributed by atoms with van der Waals surface area (Å²) < 4.78 is 0. The van der Waals surface area contributed by atoms with Crippen LogP contribution in [-0.2, 0) is 4.79 Å². The number of hydrogen-bond donors (Lipinski definition) is 1. The summed E-state index contributed by atoms with van der Waals surface area (Å²) in [6.07, 6.45) is 4.66. The summed E-state index contributed by atoms with van der Waals surface area (Å²) >= 11 is 0. The van der Waals surface area contributed by atoms with Gasteiger partial charge in [-0.2, -0.15) is 0 Å². The van der Waals surface area contributed by atoms with E-state index in [-0.39, 0.29) is 11.7 Å². The highest BCUT2D eigenvalue weighted by atomic mass is 16.2. The van der Waals surface area contributed by atoms with E-state index in [1.54, 1.807) is 0 Å². The zero-order chi connectivity index (χ0) is 14.6. The van der Waals surface area contributed by atoms with Crippen LogP contribution in [0.4, 0.5) is 0 Å². The van der Waals surface area contributed by atoms with E-state index in [4.69, 9.17) is 0 Å². The number of amides is 1. The number of nitrogens with zero attached hydrogens (tertiary/aromatic N) is 1. The Balaban J connectivity index is 2.60. The number of unbranched alkanes of at least 4 members (excludes halogenated alkanes) is 1. The molecule has 2 unspecified atom stereocenters. The standard InChI is InChI=1S/C16H32N2O/c1-7-16(6)15(19)18(14(17-16)13(4)5)11-9-8-10-12(2)3/h12-14,17H,7-11H2,1-6H3. The van der Waals surface area contributed by atoms with Gasteiger partial charge in [-0.1, -0.05) is 47.5 Å². The van der Waals surface area contributed by atoms with Crippen molar-refractivity contribution in [2.45, 2.75) is 78.9 Å². The smallest absolute Gasteiger partial charge is 0.243 e. The van der Waals surface area contributed by atoms with E-state index in [9.17, 15) is 4.79 Å². The molecule has 0 bridgehead atoms. The molecule has 3 heteroatoms. The van der Waals surface area contributed by atoms with Crippen molar-refractivity contribution in [2.24, 2.45) is 11.8 Å². The van der Waals surface area contributed by atoms with Gasteiger partial charge in [-0.15, -0.1) is 0 Å². The largest absolute Gasteiger partial charge is 0.325 e. The molecule has 3 nitrogen and oxygen atoms in total. The molecule has 1 heterocycles. The third-order valence-electron chi connectivity index (χ3n) is 4.30. The number of hydrogen-bond acceptors (Lipinski definition) is 2. The van der Waals surface area contributed by atoms with Gasteiger partial charge >= 0.3 is 0 Å². The van der Waals surface area contributed by atoms with E-state index in [0.29, 0.717) is 11.8 Å². The predicted molar refractivity (Wildman–Crippen MR) is 80.9 cm³/mol. The van der Waals surface area contributed by atoms with E-state index in [2.05, 4.69) is 44.8 Å². The molecule has 0 aromatic rings.